The number of rotatable bonds is 5. The van der Waals surface area contributed by atoms with Gasteiger partial charge in [0.1, 0.15) is 6.61 Å². The zero-order chi connectivity index (χ0) is 11.2. The average molecular weight is 236 g/mol. The zero-order valence-electron chi connectivity index (χ0n) is 8.91. The van der Waals surface area contributed by atoms with E-state index in [0.29, 0.717) is 11.8 Å². The Morgan fingerprint density at radius 2 is 2.12 bits per heavy atom. The Morgan fingerprint density at radius 3 is 2.88 bits per heavy atom. The van der Waals surface area contributed by atoms with Gasteiger partial charge in [0.05, 0.1) is 0 Å². The molecule has 1 aromatic heterocycles. The predicted octanol–water partition coefficient (Wildman–Crippen LogP) is 1.41. The third-order valence-electron chi connectivity index (χ3n) is 1.88. The van der Waals surface area contributed by atoms with Crippen molar-refractivity contribution in [1.82, 2.24) is 20.4 Å². The molecule has 0 amide bonds. The molecule has 84 valence electrons. The van der Waals surface area contributed by atoms with Crippen LogP contribution in [0.1, 0.15) is 12.5 Å². The molecule has 0 radical (unpaired) electrons. The van der Waals surface area contributed by atoms with Gasteiger partial charge in [-0.2, -0.15) is 0 Å². The first-order valence-electron chi connectivity index (χ1n) is 4.98. The highest BCUT2D eigenvalue weighted by Gasteiger charge is 2.06. The largest absolute Gasteiger partial charge is 0.394 e. The van der Waals surface area contributed by atoms with Crippen LogP contribution in [0.15, 0.2) is 35.5 Å². The van der Waals surface area contributed by atoms with Gasteiger partial charge in [-0.1, -0.05) is 52.0 Å². The second-order valence-corrected chi connectivity index (χ2v) is 3.97. The summed E-state index contributed by atoms with van der Waals surface area (Å²) in [4.78, 5) is 6.58. The highest BCUT2D eigenvalue weighted by Crippen LogP contribution is 2.18. The van der Waals surface area contributed by atoms with Crippen LogP contribution in [0.5, 0.6) is 0 Å². The second-order valence-electron chi connectivity index (χ2n) is 3.03. The highest BCUT2D eigenvalue weighted by molar-refractivity contribution is 7.98. The Labute approximate surface area is 97.8 Å². The molecule has 1 heterocycles. The molecule has 0 aliphatic rings. The molecule has 0 saturated heterocycles. The molecule has 2 aromatic rings. The lowest BCUT2D eigenvalue weighted by Gasteiger charge is -2.03. The Morgan fingerprint density at radius 1 is 1.31 bits per heavy atom. The summed E-state index contributed by atoms with van der Waals surface area (Å²) in [5, 5.41) is 11.9. The highest BCUT2D eigenvalue weighted by atomic mass is 32.2. The number of benzene rings is 1. The van der Waals surface area contributed by atoms with Crippen molar-refractivity contribution in [2.75, 3.05) is 6.61 Å². The van der Waals surface area contributed by atoms with Crippen LogP contribution >= 0.6 is 11.8 Å². The minimum Gasteiger partial charge on any atom is -0.394 e. The first kappa shape index (κ1) is 10.9. The minimum absolute atomic E-state index is 0.546. The van der Waals surface area contributed by atoms with E-state index in [0.717, 1.165) is 5.75 Å². The van der Waals surface area contributed by atoms with E-state index in [2.05, 4.69) is 27.7 Å². The molecule has 0 bridgehead atoms. The van der Waals surface area contributed by atoms with Crippen LogP contribution < -0.4 is 4.84 Å². The summed E-state index contributed by atoms with van der Waals surface area (Å²) in [5.74, 6) is 0.828. The summed E-state index contributed by atoms with van der Waals surface area (Å²) in [5.41, 5.74) is 1.23. The molecule has 5 nitrogen and oxygen atoms in total. The Balaban J connectivity index is 1.97. The van der Waals surface area contributed by atoms with E-state index in [1.807, 2.05) is 25.1 Å². The summed E-state index contributed by atoms with van der Waals surface area (Å²) < 4.78 is 0. The van der Waals surface area contributed by atoms with Crippen LogP contribution in [-0.4, -0.2) is 27.0 Å². The third-order valence-corrected chi connectivity index (χ3v) is 2.85. The maximum Gasteiger partial charge on any atom is 0.249 e. The number of hydrogen-bond donors (Lipinski definition) is 0. The number of aromatic nitrogens is 4. The van der Waals surface area contributed by atoms with Gasteiger partial charge in [-0.25, -0.2) is 0 Å². The van der Waals surface area contributed by atoms with Gasteiger partial charge in [-0.3, -0.25) is 0 Å². The standard InChI is InChI=1S/C10H12N4OS/c1-2-15-14-10(11-12-13-14)16-8-9-6-4-3-5-7-9/h3-7H,2,8H2,1H3. The fourth-order valence-electron chi connectivity index (χ4n) is 1.18. The Kier molecular flexibility index (Phi) is 3.76. The maximum atomic E-state index is 5.23. The molecule has 16 heavy (non-hydrogen) atoms. The fourth-order valence-corrected chi connectivity index (χ4v) is 1.96. The molecular weight excluding hydrogens is 224 g/mol. The summed E-state index contributed by atoms with van der Waals surface area (Å²) >= 11 is 1.55. The van der Waals surface area contributed by atoms with Gasteiger partial charge in [-0.15, -0.1) is 0 Å². The van der Waals surface area contributed by atoms with Gasteiger partial charge in [0.25, 0.3) is 0 Å². The quantitative estimate of drug-likeness (QED) is 0.735. The van der Waals surface area contributed by atoms with Crippen molar-refractivity contribution in [3.05, 3.63) is 35.9 Å². The van der Waals surface area contributed by atoms with Crippen molar-refractivity contribution in [1.29, 1.82) is 0 Å². The van der Waals surface area contributed by atoms with Crippen molar-refractivity contribution in [2.45, 2.75) is 17.8 Å². The summed E-state index contributed by atoms with van der Waals surface area (Å²) in [6.45, 7) is 2.44. The Bertz CT molecular complexity index is 431. The van der Waals surface area contributed by atoms with Crippen molar-refractivity contribution >= 4 is 11.8 Å². The molecule has 0 aliphatic carbocycles. The third kappa shape index (κ3) is 2.73. The van der Waals surface area contributed by atoms with E-state index >= 15 is 0 Å². The monoisotopic (exact) mass is 236 g/mol. The molecular formula is C10H12N4OS. The van der Waals surface area contributed by atoms with Gasteiger partial charge in [0.15, 0.2) is 0 Å². The van der Waals surface area contributed by atoms with Crippen LogP contribution in [0.3, 0.4) is 0 Å². The molecule has 0 fully saturated rings. The zero-order valence-corrected chi connectivity index (χ0v) is 9.72. The van der Waals surface area contributed by atoms with Crippen LogP contribution in [0, 0.1) is 0 Å². The smallest absolute Gasteiger partial charge is 0.249 e. The summed E-state index contributed by atoms with van der Waals surface area (Å²) in [6.07, 6.45) is 0. The van der Waals surface area contributed by atoms with E-state index in [9.17, 15) is 0 Å². The van der Waals surface area contributed by atoms with Crippen LogP contribution in [0.25, 0.3) is 0 Å². The SMILES string of the molecule is CCOn1nnnc1SCc1ccccc1. The molecule has 0 unspecified atom stereocenters. The van der Waals surface area contributed by atoms with E-state index in [-0.39, 0.29) is 0 Å². The predicted molar refractivity (Wildman–Crippen MR) is 60.9 cm³/mol. The second kappa shape index (κ2) is 5.50. The van der Waals surface area contributed by atoms with Gasteiger partial charge < -0.3 is 4.84 Å². The van der Waals surface area contributed by atoms with Crippen molar-refractivity contribution in [2.24, 2.45) is 0 Å². The maximum absolute atomic E-state index is 5.23. The van der Waals surface area contributed by atoms with Crippen molar-refractivity contribution in [3.63, 3.8) is 0 Å². The van der Waals surface area contributed by atoms with Crippen molar-refractivity contribution in [3.8, 4) is 0 Å². The molecule has 1 aromatic carbocycles. The molecule has 0 aliphatic heterocycles. The summed E-state index contributed by atoms with van der Waals surface area (Å²) in [7, 11) is 0. The van der Waals surface area contributed by atoms with E-state index in [1.54, 1.807) is 11.8 Å². The normalized spacial score (nSPS) is 10.3. The van der Waals surface area contributed by atoms with Crippen LogP contribution in [0.4, 0.5) is 0 Å². The Hall–Kier alpha value is -1.56. The number of thioether (sulfide) groups is 1. The van der Waals surface area contributed by atoms with E-state index in [1.165, 1.54) is 10.4 Å². The van der Waals surface area contributed by atoms with Gasteiger partial charge in [0, 0.05) is 5.75 Å². The first-order chi connectivity index (χ1) is 7.90. The molecule has 0 saturated carbocycles. The number of hydrogen-bond acceptors (Lipinski definition) is 5. The minimum atomic E-state index is 0.546. The van der Waals surface area contributed by atoms with E-state index < -0.39 is 0 Å². The van der Waals surface area contributed by atoms with Gasteiger partial charge >= 0.3 is 0 Å². The molecule has 6 heteroatoms. The molecule has 0 atom stereocenters. The average Bonchev–Trinajstić information content (AvgIpc) is 2.76. The number of tetrazole rings is 1. The topological polar surface area (TPSA) is 52.8 Å². The molecule has 0 spiro atoms. The van der Waals surface area contributed by atoms with E-state index in [4.69, 9.17) is 4.84 Å². The lowest BCUT2D eigenvalue weighted by atomic mass is 10.2. The molecule has 2 rings (SSSR count). The van der Waals surface area contributed by atoms with Crippen molar-refractivity contribution < 1.29 is 4.84 Å². The molecule has 0 N–H and O–H groups in total. The van der Waals surface area contributed by atoms with Crippen LogP contribution in [-0.2, 0) is 5.75 Å². The lowest BCUT2D eigenvalue weighted by molar-refractivity contribution is 0.0696. The summed E-state index contributed by atoms with van der Waals surface area (Å²) in [6, 6.07) is 10.2. The fraction of sp³-hybridized carbons (Fsp3) is 0.300. The first-order valence-corrected chi connectivity index (χ1v) is 5.97. The van der Waals surface area contributed by atoms with Gasteiger partial charge in [0.2, 0.25) is 5.16 Å². The van der Waals surface area contributed by atoms with Crippen LogP contribution in [0.2, 0.25) is 0 Å². The lowest BCUT2D eigenvalue weighted by Crippen LogP contribution is -2.13. The number of nitrogens with zero attached hydrogens (tertiary/aromatic N) is 4. The van der Waals surface area contributed by atoms with Gasteiger partial charge in [-0.05, 0) is 22.9 Å².